The average molecular weight is 335 g/mol. The molecule has 1 fully saturated rings. The molecule has 3 aromatic heterocycles. The van der Waals surface area contributed by atoms with E-state index in [-0.39, 0.29) is 0 Å². The maximum absolute atomic E-state index is 4.84. The third-order valence-corrected chi connectivity index (χ3v) is 5.42. The Morgan fingerprint density at radius 1 is 1.12 bits per heavy atom. The Labute approximate surface area is 146 Å². The molecule has 25 heavy (non-hydrogen) atoms. The van der Waals surface area contributed by atoms with Crippen LogP contribution in [-0.4, -0.2) is 47.8 Å². The molecule has 1 saturated heterocycles. The van der Waals surface area contributed by atoms with Gasteiger partial charge in [0, 0.05) is 18.7 Å². The molecule has 0 spiro atoms. The molecular weight excluding hydrogens is 314 g/mol. The summed E-state index contributed by atoms with van der Waals surface area (Å²) in [6.45, 7) is 2.99. The fourth-order valence-corrected chi connectivity index (χ4v) is 4.04. The van der Waals surface area contributed by atoms with E-state index in [1.807, 2.05) is 16.8 Å². The molecule has 0 atom stereocenters. The van der Waals surface area contributed by atoms with E-state index in [9.17, 15) is 0 Å². The highest BCUT2D eigenvalue weighted by molar-refractivity contribution is 5.43. The molecule has 7 nitrogen and oxygen atoms in total. The second kappa shape index (κ2) is 6.15. The van der Waals surface area contributed by atoms with Crippen LogP contribution in [0.1, 0.15) is 48.0 Å². The zero-order valence-corrected chi connectivity index (χ0v) is 14.2. The topological polar surface area (TPSA) is 72.1 Å². The number of hydrogen-bond acceptors (Lipinski definition) is 6. The Balaban J connectivity index is 1.32. The van der Waals surface area contributed by atoms with Crippen molar-refractivity contribution in [1.82, 2.24) is 34.7 Å². The summed E-state index contributed by atoms with van der Waals surface area (Å²) in [6.07, 6.45) is 9.02. The van der Waals surface area contributed by atoms with Crippen molar-refractivity contribution in [2.45, 2.75) is 44.6 Å². The molecule has 0 saturated carbocycles. The van der Waals surface area contributed by atoms with E-state index in [0.29, 0.717) is 5.92 Å². The number of aromatic nitrogens is 6. The van der Waals surface area contributed by atoms with Gasteiger partial charge in [0.15, 0.2) is 11.5 Å². The SMILES string of the molecule is c1cc(CN2CCC(c3nnc4cc5c(nn34)CCC5)CC2)ncn1. The molecule has 0 aromatic carbocycles. The van der Waals surface area contributed by atoms with Gasteiger partial charge in [-0.2, -0.15) is 9.61 Å². The van der Waals surface area contributed by atoms with Crippen LogP contribution in [0.15, 0.2) is 24.7 Å². The highest BCUT2D eigenvalue weighted by atomic mass is 15.4. The number of fused-ring (bicyclic) bond motifs is 2. The first-order valence-electron chi connectivity index (χ1n) is 9.08. The summed E-state index contributed by atoms with van der Waals surface area (Å²) in [6, 6.07) is 4.17. The molecule has 0 amide bonds. The maximum atomic E-state index is 4.84. The summed E-state index contributed by atoms with van der Waals surface area (Å²) in [7, 11) is 0. The summed E-state index contributed by atoms with van der Waals surface area (Å²) in [5.41, 5.74) is 4.57. The number of nitrogens with zero attached hydrogens (tertiary/aromatic N) is 7. The van der Waals surface area contributed by atoms with Gasteiger partial charge in [-0.15, -0.1) is 10.2 Å². The largest absolute Gasteiger partial charge is 0.297 e. The zero-order chi connectivity index (χ0) is 16.6. The van der Waals surface area contributed by atoms with Gasteiger partial charge in [0.25, 0.3) is 0 Å². The van der Waals surface area contributed by atoms with Gasteiger partial charge in [0.1, 0.15) is 6.33 Å². The number of hydrogen-bond donors (Lipinski definition) is 0. The predicted molar refractivity (Wildman–Crippen MR) is 92.1 cm³/mol. The quantitative estimate of drug-likeness (QED) is 0.726. The number of likely N-dealkylation sites (tertiary alicyclic amines) is 1. The van der Waals surface area contributed by atoms with Crippen molar-refractivity contribution >= 4 is 5.65 Å². The standard InChI is InChI=1S/C18H21N7/c1-2-14-10-17-21-22-18(25(17)23-16(14)3-1)13-5-8-24(9-6-13)11-15-4-7-19-12-20-15/h4,7,10,12-13H,1-3,5-6,8-9,11H2. The first kappa shape index (κ1) is 14.9. The average Bonchev–Trinajstić information content (AvgIpc) is 3.27. The van der Waals surface area contributed by atoms with Gasteiger partial charge in [-0.3, -0.25) is 4.90 Å². The minimum Gasteiger partial charge on any atom is -0.297 e. The zero-order valence-electron chi connectivity index (χ0n) is 14.2. The molecule has 4 heterocycles. The van der Waals surface area contributed by atoms with Crippen LogP contribution >= 0.6 is 0 Å². The second-order valence-corrected chi connectivity index (χ2v) is 7.05. The normalized spacial score (nSPS) is 18.7. The fourth-order valence-electron chi connectivity index (χ4n) is 4.04. The van der Waals surface area contributed by atoms with Crippen LogP contribution in [0, 0.1) is 0 Å². The summed E-state index contributed by atoms with van der Waals surface area (Å²) < 4.78 is 1.99. The van der Waals surface area contributed by atoms with E-state index < -0.39 is 0 Å². The van der Waals surface area contributed by atoms with Crippen molar-refractivity contribution in [2.24, 2.45) is 0 Å². The summed E-state index contributed by atoms with van der Waals surface area (Å²) in [5.74, 6) is 1.47. The maximum Gasteiger partial charge on any atom is 0.178 e. The molecule has 0 N–H and O–H groups in total. The van der Waals surface area contributed by atoms with Crippen LogP contribution in [0.2, 0.25) is 0 Å². The van der Waals surface area contributed by atoms with Crippen molar-refractivity contribution in [3.8, 4) is 0 Å². The van der Waals surface area contributed by atoms with E-state index in [1.54, 1.807) is 6.33 Å². The molecule has 0 unspecified atom stereocenters. The van der Waals surface area contributed by atoms with E-state index in [1.165, 1.54) is 17.7 Å². The van der Waals surface area contributed by atoms with Crippen LogP contribution in [0.5, 0.6) is 0 Å². The molecule has 1 aliphatic heterocycles. The molecule has 3 aromatic rings. The van der Waals surface area contributed by atoms with Crippen LogP contribution < -0.4 is 0 Å². The third-order valence-electron chi connectivity index (χ3n) is 5.42. The lowest BCUT2D eigenvalue weighted by Gasteiger charge is -2.30. The van der Waals surface area contributed by atoms with Gasteiger partial charge >= 0.3 is 0 Å². The molecule has 2 aliphatic rings. The lowest BCUT2D eigenvalue weighted by atomic mass is 9.96. The predicted octanol–water partition coefficient (Wildman–Crippen LogP) is 1.78. The van der Waals surface area contributed by atoms with Gasteiger partial charge in [0.05, 0.1) is 11.4 Å². The molecule has 7 heteroatoms. The van der Waals surface area contributed by atoms with Crippen LogP contribution in [0.25, 0.3) is 5.65 Å². The highest BCUT2D eigenvalue weighted by Gasteiger charge is 2.26. The first-order valence-corrected chi connectivity index (χ1v) is 9.08. The number of rotatable bonds is 3. The Hall–Kier alpha value is -2.41. The van der Waals surface area contributed by atoms with Gasteiger partial charge in [-0.1, -0.05) is 0 Å². The van der Waals surface area contributed by atoms with Gasteiger partial charge < -0.3 is 0 Å². The van der Waals surface area contributed by atoms with E-state index >= 15 is 0 Å². The van der Waals surface area contributed by atoms with Crippen LogP contribution in [0.3, 0.4) is 0 Å². The van der Waals surface area contributed by atoms with E-state index in [2.05, 4.69) is 31.1 Å². The van der Waals surface area contributed by atoms with Gasteiger partial charge in [0.2, 0.25) is 0 Å². The summed E-state index contributed by atoms with van der Waals surface area (Å²) in [4.78, 5) is 10.8. The molecular formula is C18H21N7. The fraction of sp³-hybridized carbons (Fsp3) is 0.500. The second-order valence-electron chi connectivity index (χ2n) is 7.05. The van der Waals surface area contributed by atoms with Crippen molar-refractivity contribution in [2.75, 3.05) is 13.1 Å². The Bertz CT molecular complexity index is 881. The molecule has 5 rings (SSSR count). The Morgan fingerprint density at radius 2 is 2.04 bits per heavy atom. The van der Waals surface area contributed by atoms with Gasteiger partial charge in [-0.25, -0.2) is 9.97 Å². The highest BCUT2D eigenvalue weighted by Crippen LogP contribution is 2.28. The molecule has 1 aliphatic carbocycles. The van der Waals surface area contributed by atoms with Crippen molar-refractivity contribution in [3.63, 3.8) is 0 Å². The molecule has 0 radical (unpaired) electrons. The van der Waals surface area contributed by atoms with Gasteiger partial charge in [-0.05, 0) is 62.9 Å². The summed E-state index contributed by atoms with van der Waals surface area (Å²) in [5, 5.41) is 13.7. The summed E-state index contributed by atoms with van der Waals surface area (Å²) >= 11 is 0. The van der Waals surface area contributed by atoms with Crippen LogP contribution in [0.4, 0.5) is 0 Å². The minimum atomic E-state index is 0.434. The minimum absolute atomic E-state index is 0.434. The number of piperidine rings is 1. The Kier molecular flexibility index (Phi) is 3.66. The van der Waals surface area contributed by atoms with Crippen molar-refractivity contribution in [1.29, 1.82) is 0 Å². The number of aryl methyl sites for hydroxylation is 2. The monoisotopic (exact) mass is 335 g/mol. The smallest absolute Gasteiger partial charge is 0.178 e. The molecule has 128 valence electrons. The van der Waals surface area contributed by atoms with Crippen LogP contribution in [-0.2, 0) is 19.4 Å². The first-order chi connectivity index (χ1) is 12.4. The van der Waals surface area contributed by atoms with E-state index in [4.69, 9.17) is 5.10 Å². The lowest BCUT2D eigenvalue weighted by Crippen LogP contribution is -2.33. The van der Waals surface area contributed by atoms with Crippen molar-refractivity contribution in [3.05, 3.63) is 47.4 Å². The third kappa shape index (κ3) is 2.78. The van der Waals surface area contributed by atoms with Crippen molar-refractivity contribution < 1.29 is 0 Å². The Morgan fingerprint density at radius 3 is 2.88 bits per heavy atom. The van der Waals surface area contributed by atoms with E-state index in [0.717, 1.165) is 62.5 Å². The lowest BCUT2D eigenvalue weighted by molar-refractivity contribution is 0.198. The molecule has 0 bridgehead atoms.